The SMILES string of the molecule is COC(=O)c1ccc(OC(=O)CC(C)(C)C)c(OC)c1. The zero-order valence-electron chi connectivity index (χ0n) is 12.5. The highest BCUT2D eigenvalue weighted by Crippen LogP contribution is 2.29. The molecule has 0 saturated heterocycles. The summed E-state index contributed by atoms with van der Waals surface area (Å²) in [6, 6.07) is 4.52. The van der Waals surface area contributed by atoms with E-state index in [1.165, 1.54) is 32.4 Å². The molecule has 0 saturated carbocycles. The molecule has 0 atom stereocenters. The molecule has 0 bridgehead atoms. The number of rotatable bonds is 4. The number of carbonyl (C=O) groups excluding carboxylic acids is 2. The van der Waals surface area contributed by atoms with Crippen LogP contribution < -0.4 is 9.47 Å². The van der Waals surface area contributed by atoms with Crippen molar-refractivity contribution < 1.29 is 23.8 Å². The van der Waals surface area contributed by atoms with Gasteiger partial charge in [0.2, 0.25) is 0 Å². The zero-order chi connectivity index (χ0) is 15.3. The van der Waals surface area contributed by atoms with E-state index in [9.17, 15) is 9.59 Å². The summed E-state index contributed by atoms with van der Waals surface area (Å²) < 4.78 is 15.0. The Kier molecular flexibility index (Phi) is 5.13. The molecule has 0 N–H and O–H groups in total. The molecule has 0 amide bonds. The first-order chi connectivity index (χ1) is 9.26. The lowest BCUT2D eigenvalue weighted by atomic mass is 9.92. The predicted octanol–water partition coefficient (Wildman–Crippen LogP) is 2.82. The maximum atomic E-state index is 11.8. The molecule has 1 rings (SSSR count). The topological polar surface area (TPSA) is 61.8 Å². The third kappa shape index (κ3) is 4.57. The lowest BCUT2D eigenvalue weighted by Crippen LogP contribution is -2.18. The summed E-state index contributed by atoms with van der Waals surface area (Å²) >= 11 is 0. The van der Waals surface area contributed by atoms with Crippen LogP contribution in [0.1, 0.15) is 37.6 Å². The van der Waals surface area contributed by atoms with E-state index in [1.807, 2.05) is 20.8 Å². The van der Waals surface area contributed by atoms with Crippen LogP contribution in [0.15, 0.2) is 18.2 Å². The number of carbonyl (C=O) groups is 2. The second-order valence-corrected chi connectivity index (χ2v) is 5.57. The average molecular weight is 280 g/mol. The molecule has 1 aromatic carbocycles. The molecule has 0 unspecified atom stereocenters. The molecule has 0 aliphatic heterocycles. The normalized spacial score (nSPS) is 10.8. The quantitative estimate of drug-likeness (QED) is 0.627. The molecular formula is C15H20O5. The molecule has 0 aliphatic rings. The Morgan fingerprint density at radius 3 is 2.25 bits per heavy atom. The number of esters is 2. The van der Waals surface area contributed by atoms with Crippen molar-refractivity contribution in [1.29, 1.82) is 0 Å². The third-order valence-corrected chi connectivity index (χ3v) is 2.48. The number of ether oxygens (including phenoxy) is 3. The maximum Gasteiger partial charge on any atom is 0.337 e. The van der Waals surface area contributed by atoms with Gasteiger partial charge in [-0.05, 0) is 23.6 Å². The van der Waals surface area contributed by atoms with Gasteiger partial charge in [-0.25, -0.2) is 4.79 Å². The minimum atomic E-state index is -0.476. The molecule has 0 fully saturated rings. The first kappa shape index (κ1) is 16.0. The number of benzene rings is 1. The minimum absolute atomic E-state index is 0.156. The molecule has 0 heterocycles. The van der Waals surface area contributed by atoms with Crippen molar-refractivity contribution in [2.24, 2.45) is 5.41 Å². The summed E-state index contributed by atoms with van der Waals surface area (Å²) in [5.41, 5.74) is 0.177. The van der Waals surface area contributed by atoms with E-state index in [2.05, 4.69) is 4.74 Å². The molecule has 0 aliphatic carbocycles. The molecule has 0 aromatic heterocycles. The standard InChI is InChI=1S/C15H20O5/c1-15(2,3)9-13(16)20-11-7-6-10(14(17)19-5)8-12(11)18-4/h6-8H,9H2,1-5H3. The Bertz CT molecular complexity index is 499. The fourth-order valence-electron chi connectivity index (χ4n) is 1.59. The van der Waals surface area contributed by atoms with Gasteiger partial charge in [-0.15, -0.1) is 0 Å². The summed E-state index contributed by atoms with van der Waals surface area (Å²) in [4.78, 5) is 23.2. The molecule has 110 valence electrons. The van der Waals surface area contributed by atoms with Crippen LogP contribution in [0, 0.1) is 5.41 Å². The van der Waals surface area contributed by atoms with Crippen LogP contribution in [-0.2, 0) is 9.53 Å². The van der Waals surface area contributed by atoms with Crippen molar-refractivity contribution >= 4 is 11.9 Å². The van der Waals surface area contributed by atoms with E-state index in [-0.39, 0.29) is 23.6 Å². The smallest absolute Gasteiger partial charge is 0.337 e. The van der Waals surface area contributed by atoms with Gasteiger partial charge in [0.1, 0.15) is 0 Å². The first-order valence-corrected chi connectivity index (χ1v) is 6.24. The highest BCUT2D eigenvalue weighted by atomic mass is 16.6. The predicted molar refractivity (Wildman–Crippen MR) is 74.0 cm³/mol. The average Bonchev–Trinajstić information content (AvgIpc) is 2.36. The Morgan fingerprint density at radius 1 is 1.10 bits per heavy atom. The number of hydrogen-bond donors (Lipinski definition) is 0. The van der Waals surface area contributed by atoms with Gasteiger partial charge in [-0.3, -0.25) is 4.79 Å². The van der Waals surface area contributed by atoms with Gasteiger partial charge in [0.05, 0.1) is 26.2 Å². The minimum Gasteiger partial charge on any atom is -0.493 e. The Labute approximate surface area is 118 Å². The van der Waals surface area contributed by atoms with Gasteiger partial charge in [-0.2, -0.15) is 0 Å². The van der Waals surface area contributed by atoms with Crippen molar-refractivity contribution in [3.8, 4) is 11.5 Å². The molecule has 1 aromatic rings. The van der Waals surface area contributed by atoms with Crippen LogP contribution in [0.4, 0.5) is 0 Å². The van der Waals surface area contributed by atoms with Crippen LogP contribution in [-0.4, -0.2) is 26.2 Å². The van der Waals surface area contributed by atoms with Crippen LogP contribution in [0.25, 0.3) is 0 Å². The van der Waals surface area contributed by atoms with Crippen molar-refractivity contribution in [3.63, 3.8) is 0 Å². The summed E-state index contributed by atoms with van der Waals surface area (Å²) in [7, 11) is 2.74. The third-order valence-electron chi connectivity index (χ3n) is 2.48. The van der Waals surface area contributed by atoms with Crippen LogP contribution in [0.3, 0.4) is 0 Å². The Morgan fingerprint density at radius 2 is 1.75 bits per heavy atom. The fourth-order valence-corrected chi connectivity index (χ4v) is 1.59. The summed E-state index contributed by atoms with van der Waals surface area (Å²) in [5.74, 6) is -0.220. The highest BCUT2D eigenvalue weighted by molar-refractivity contribution is 5.90. The van der Waals surface area contributed by atoms with E-state index in [1.54, 1.807) is 0 Å². The van der Waals surface area contributed by atoms with Gasteiger partial charge in [0.15, 0.2) is 11.5 Å². The largest absolute Gasteiger partial charge is 0.493 e. The fraction of sp³-hybridized carbons (Fsp3) is 0.467. The van der Waals surface area contributed by atoms with Crippen molar-refractivity contribution in [2.75, 3.05) is 14.2 Å². The van der Waals surface area contributed by atoms with Crippen molar-refractivity contribution in [2.45, 2.75) is 27.2 Å². The first-order valence-electron chi connectivity index (χ1n) is 6.24. The molecule has 5 heteroatoms. The van der Waals surface area contributed by atoms with Crippen LogP contribution in [0.5, 0.6) is 11.5 Å². The van der Waals surface area contributed by atoms with E-state index in [0.717, 1.165) is 0 Å². The lowest BCUT2D eigenvalue weighted by Gasteiger charge is -2.17. The van der Waals surface area contributed by atoms with E-state index in [4.69, 9.17) is 9.47 Å². The monoisotopic (exact) mass is 280 g/mol. The van der Waals surface area contributed by atoms with E-state index >= 15 is 0 Å². The summed E-state index contributed by atoms with van der Waals surface area (Å²) in [6.45, 7) is 5.85. The Hall–Kier alpha value is -2.04. The number of methoxy groups -OCH3 is 2. The maximum absolute atomic E-state index is 11.8. The molecule has 20 heavy (non-hydrogen) atoms. The second kappa shape index (κ2) is 6.41. The van der Waals surface area contributed by atoms with Crippen molar-refractivity contribution in [1.82, 2.24) is 0 Å². The van der Waals surface area contributed by atoms with Gasteiger partial charge >= 0.3 is 11.9 Å². The van der Waals surface area contributed by atoms with E-state index < -0.39 is 5.97 Å². The lowest BCUT2D eigenvalue weighted by molar-refractivity contribution is -0.136. The summed E-state index contributed by atoms with van der Waals surface area (Å²) in [5, 5.41) is 0. The Balaban J connectivity index is 2.91. The van der Waals surface area contributed by atoms with Crippen LogP contribution >= 0.6 is 0 Å². The summed E-state index contributed by atoms with van der Waals surface area (Å²) in [6.07, 6.45) is 0.287. The van der Waals surface area contributed by atoms with Gasteiger partial charge < -0.3 is 14.2 Å². The molecule has 5 nitrogen and oxygen atoms in total. The highest BCUT2D eigenvalue weighted by Gasteiger charge is 2.19. The second-order valence-electron chi connectivity index (χ2n) is 5.57. The van der Waals surface area contributed by atoms with Gasteiger partial charge in [0, 0.05) is 0 Å². The van der Waals surface area contributed by atoms with Crippen molar-refractivity contribution in [3.05, 3.63) is 23.8 Å². The zero-order valence-corrected chi connectivity index (χ0v) is 12.5. The molecule has 0 radical (unpaired) electrons. The van der Waals surface area contributed by atoms with Gasteiger partial charge in [-0.1, -0.05) is 20.8 Å². The van der Waals surface area contributed by atoms with Crippen LogP contribution in [0.2, 0.25) is 0 Å². The molecule has 0 spiro atoms. The number of hydrogen-bond acceptors (Lipinski definition) is 5. The molecular weight excluding hydrogens is 260 g/mol. The van der Waals surface area contributed by atoms with E-state index in [0.29, 0.717) is 11.3 Å². The van der Waals surface area contributed by atoms with Gasteiger partial charge in [0.25, 0.3) is 0 Å².